The second-order valence-electron chi connectivity index (χ2n) is 10.2. The summed E-state index contributed by atoms with van der Waals surface area (Å²) in [5.74, 6) is 0.575. The van der Waals surface area contributed by atoms with Gasteiger partial charge < -0.3 is 19.9 Å². The summed E-state index contributed by atoms with van der Waals surface area (Å²) in [7, 11) is 1.57. The fourth-order valence-corrected chi connectivity index (χ4v) is 4.78. The molecule has 0 bridgehead atoms. The minimum Gasteiger partial charge on any atom is -0.489 e. The first-order valence-electron chi connectivity index (χ1n) is 13.3. The normalized spacial score (nSPS) is 13.9. The zero-order chi connectivity index (χ0) is 27.4. The summed E-state index contributed by atoms with van der Waals surface area (Å²) >= 11 is 0. The summed E-state index contributed by atoms with van der Waals surface area (Å²) in [4.78, 5) is 12.5. The molecule has 7 nitrogen and oxygen atoms in total. The number of carbonyl (C=O) groups excluding carboxylic acids is 1. The van der Waals surface area contributed by atoms with Crippen LogP contribution in [0.3, 0.4) is 0 Å². The van der Waals surface area contributed by atoms with Gasteiger partial charge in [-0.3, -0.25) is 9.48 Å². The maximum Gasteiger partial charge on any atom is 0.310 e. The molecule has 2 N–H and O–H groups in total. The molecule has 204 valence electrons. The molecule has 5 rings (SSSR count). The van der Waals surface area contributed by atoms with Gasteiger partial charge in [0.1, 0.15) is 24.3 Å². The molecule has 4 aromatic rings. The fraction of sp³-hybridized carbons (Fsp3) is 0.355. The number of hydrogen-bond donors (Lipinski definition) is 1. The minimum atomic E-state index is -0.351. The van der Waals surface area contributed by atoms with E-state index < -0.39 is 0 Å². The summed E-state index contributed by atoms with van der Waals surface area (Å²) in [5.41, 5.74) is 9.86. The van der Waals surface area contributed by atoms with Crippen molar-refractivity contribution in [3.63, 3.8) is 0 Å². The smallest absolute Gasteiger partial charge is 0.310 e. The number of methoxy groups -OCH3 is 1. The van der Waals surface area contributed by atoms with Crippen molar-refractivity contribution < 1.29 is 23.4 Å². The fourth-order valence-electron chi connectivity index (χ4n) is 4.78. The van der Waals surface area contributed by atoms with Crippen molar-refractivity contribution >= 4 is 16.9 Å². The van der Waals surface area contributed by atoms with Crippen LogP contribution in [0.5, 0.6) is 5.75 Å². The highest BCUT2D eigenvalue weighted by Gasteiger charge is 2.23. The van der Waals surface area contributed by atoms with Crippen LogP contribution >= 0.6 is 0 Å². The Kier molecular flexibility index (Phi) is 8.24. The molecule has 1 saturated carbocycles. The molecule has 1 unspecified atom stereocenters. The van der Waals surface area contributed by atoms with Crippen LogP contribution < -0.4 is 10.5 Å². The van der Waals surface area contributed by atoms with Gasteiger partial charge in [0.25, 0.3) is 0 Å². The Morgan fingerprint density at radius 3 is 2.69 bits per heavy atom. The van der Waals surface area contributed by atoms with Crippen LogP contribution in [0.25, 0.3) is 22.0 Å². The van der Waals surface area contributed by atoms with Crippen molar-refractivity contribution in [1.29, 1.82) is 0 Å². The predicted octanol–water partition coefficient (Wildman–Crippen LogP) is 5.41. The molecule has 3 aromatic carbocycles. The van der Waals surface area contributed by atoms with E-state index in [1.807, 2.05) is 53.3 Å². The number of hydrogen-bond acceptors (Lipinski definition) is 6. The highest BCUT2D eigenvalue weighted by atomic mass is 19.1. The highest BCUT2D eigenvalue weighted by molar-refractivity contribution is 5.95. The number of esters is 1. The second kappa shape index (κ2) is 12.0. The van der Waals surface area contributed by atoms with Gasteiger partial charge in [0.05, 0.1) is 18.5 Å². The van der Waals surface area contributed by atoms with Gasteiger partial charge in [-0.25, -0.2) is 4.39 Å². The molecule has 1 aliphatic rings. The van der Waals surface area contributed by atoms with Gasteiger partial charge in [-0.2, -0.15) is 5.10 Å². The van der Waals surface area contributed by atoms with Crippen molar-refractivity contribution in [3.8, 4) is 16.9 Å². The third kappa shape index (κ3) is 6.46. The van der Waals surface area contributed by atoms with Crippen molar-refractivity contribution in [2.24, 2.45) is 11.7 Å². The molecule has 0 saturated heterocycles. The number of rotatable bonds is 12. The Morgan fingerprint density at radius 2 is 1.92 bits per heavy atom. The lowest BCUT2D eigenvalue weighted by Gasteiger charge is -2.15. The average molecular weight is 532 g/mol. The van der Waals surface area contributed by atoms with Crippen molar-refractivity contribution in [3.05, 3.63) is 83.3 Å². The molecule has 8 heteroatoms. The lowest BCUT2D eigenvalue weighted by Crippen LogP contribution is -2.21. The number of para-hydroxylation sites is 1. The van der Waals surface area contributed by atoms with Gasteiger partial charge in [0.2, 0.25) is 0 Å². The van der Waals surface area contributed by atoms with Crippen LogP contribution in [0.2, 0.25) is 0 Å². The van der Waals surface area contributed by atoms with E-state index in [0.717, 1.165) is 34.1 Å². The number of nitrogens with zero attached hydrogens (tertiary/aromatic N) is 2. The molecule has 1 aliphatic carbocycles. The summed E-state index contributed by atoms with van der Waals surface area (Å²) < 4.78 is 34.0. The monoisotopic (exact) mass is 531 g/mol. The SMILES string of the molecule is COCC(C)OC(=O)Cc1ccccc1OCc1cc(-c2cccc(CN)c2F)c2cn(CC3CC3)nc2c1. The van der Waals surface area contributed by atoms with E-state index in [1.165, 1.54) is 12.8 Å². The molecular weight excluding hydrogens is 497 g/mol. The van der Waals surface area contributed by atoms with E-state index >= 15 is 4.39 Å². The second-order valence-corrected chi connectivity index (χ2v) is 10.2. The van der Waals surface area contributed by atoms with Crippen molar-refractivity contribution in [2.45, 2.75) is 52.0 Å². The highest BCUT2D eigenvalue weighted by Crippen LogP contribution is 2.35. The van der Waals surface area contributed by atoms with Gasteiger partial charge in [0.15, 0.2) is 0 Å². The van der Waals surface area contributed by atoms with E-state index in [-0.39, 0.29) is 37.5 Å². The first kappa shape index (κ1) is 26.8. The topological polar surface area (TPSA) is 88.6 Å². The molecule has 1 fully saturated rings. The Hall–Kier alpha value is -3.75. The van der Waals surface area contributed by atoms with Crippen molar-refractivity contribution in [1.82, 2.24) is 9.78 Å². The van der Waals surface area contributed by atoms with E-state index in [1.54, 1.807) is 26.2 Å². The van der Waals surface area contributed by atoms with Gasteiger partial charge >= 0.3 is 5.97 Å². The van der Waals surface area contributed by atoms with Gasteiger partial charge in [-0.15, -0.1) is 0 Å². The van der Waals surface area contributed by atoms with Gasteiger partial charge in [0, 0.05) is 48.5 Å². The molecule has 0 spiro atoms. The standard InChI is InChI=1S/C31H34FN3O4/c1-20(18-37-2)39-30(36)14-23-6-3-4-9-29(23)38-19-22-12-26(25-8-5-7-24(15-33)31(25)32)27-17-35(16-21-10-11-21)34-28(27)13-22/h3-9,12-13,17,20-21H,10-11,14-16,18-19,33H2,1-2H3. The zero-order valence-electron chi connectivity index (χ0n) is 22.4. The quantitative estimate of drug-likeness (QED) is 0.246. The molecule has 0 radical (unpaired) electrons. The van der Waals surface area contributed by atoms with Crippen LogP contribution in [0.1, 0.15) is 36.5 Å². The lowest BCUT2D eigenvalue weighted by molar-refractivity contribution is -0.149. The summed E-state index contributed by atoms with van der Waals surface area (Å²) in [6.07, 6.45) is 4.19. The van der Waals surface area contributed by atoms with Crippen LogP contribution in [0, 0.1) is 11.7 Å². The number of nitrogens with two attached hydrogens (primary N) is 1. The molecule has 1 heterocycles. The third-order valence-electron chi connectivity index (χ3n) is 6.90. The Balaban J connectivity index is 1.42. The van der Waals surface area contributed by atoms with Crippen LogP contribution in [-0.2, 0) is 40.4 Å². The van der Waals surface area contributed by atoms with E-state index in [4.69, 9.17) is 25.0 Å². The average Bonchev–Trinajstić information content (AvgIpc) is 3.64. The lowest BCUT2D eigenvalue weighted by atomic mass is 9.97. The number of ether oxygens (including phenoxy) is 3. The van der Waals surface area contributed by atoms with E-state index in [2.05, 4.69) is 0 Å². The Morgan fingerprint density at radius 1 is 1.13 bits per heavy atom. The summed E-state index contributed by atoms with van der Waals surface area (Å²) in [6, 6.07) is 16.6. The molecule has 39 heavy (non-hydrogen) atoms. The summed E-state index contributed by atoms with van der Waals surface area (Å²) in [5, 5.41) is 5.70. The maximum atomic E-state index is 15.4. The molecule has 1 aromatic heterocycles. The Labute approximate surface area is 227 Å². The number of carbonyl (C=O) groups is 1. The van der Waals surface area contributed by atoms with Gasteiger partial charge in [-0.05, 0) is 55.0 Å². The van der Waals surface area contributed by atoms with E-state index in [9.17, 15) is 4.79 Å². The van der Waals surface area contributed by atoms with Crippen LogP contribution in [-0.4, -0.2) is 35.6 Å². The Bertz CT molecular complexity index is 1460. The van der Waals surface area contributed by atoms with E-state index in [0.29, 0.717) is 29.4 Å². The largest absolute Gasteiger partial charge is 0.489 e. The number of aromatic nitrogens is 2. The zero-order valence-corrected chi connectivity index (χ0v) is 22.4. The molecule has 1 atom stereocenters. The maximum absolute atomic E-state index is 15.4. The van der Waals surface area contributed by atoms with Crippen LogP contribution in [0.15, 0.2) is 60.8 Å². The summed E-state index contributed by atoms with van der Waals surface area (Å²) in [6.45, 7) is 3.33. The first-order chi connectivity index (χ1) is 18.9. The van der Waals surface area contributed by atoms with Gasteiger partial charge in [-0.1, -0.05) is 36.4 Å². The van der Waals surface area contributed by atoms with Crippen molar-refractivity contribution in [2.75, 3.05) is 13.7 Å². The first-order valence-corrected chi connectivity index (χ1v) is 13.3. The molecule has 0 aliphatic heterocycles. The molecular formula is C31H34FN3O4. The predicted molar refractivity (Wildman–Crippen MR) is 148 cm³/mol. The number of halogens is 1. The minimum absolute atomic E-state index is 0.0805. The number of benzene rings is 3. The molecule has 0 amide bonds. The number of fused-ring (bicyclic) bond motifs is 1. The van der Waals surface area contributed by atoms with Crippen LogP contribution in [0.4, 0.5) is 4.39 Å². The third-order valence-corrected chi connectivity index (χ3v) is 6.90.